The van der Waals surface area contributed by atoms with Crippen molar-refractivity contribution in [3.63, 3.8) is 0 Å². The van der Waals surface area contributed by atoms with Gasteiger partial charge in [-0.1, -0.05) is 26.0 Å². The molecule has 100 valence electrons. The van der Waals surface area contributed by atoms with E-state index < -0.39 is 0 Å². The highest BCUT2D eigenvalue weighted by atomic mass is 15.1. The van der Waals surface area contributed by atoms with Crippen molar-refractivity contribution in [3.8, 4) is 0 Å². The first-order valence-electron chi connectivity index (χ1n) is 7.11. The number of hydrogen-bond acceptors (Lipinski definition) is 2. The summed E-state index contributed by atoms with van der Waals surface area (Å²) in [5, 5.41) is 0. The van der Waals surface area contributed by atoms with E-state index in [1.54, 1.807) is 0 Å². The van der Waals surface area contributed by atoms with Crippen LogP contribution in [0.25, 0.3) is 0 Å². The molecule has 3 atom stereocenters. The average Bonchev–Trinajstić information content (AvgIpc) is 2.32. The lowest BCUT2D eigenvalue weighted by Crippen LogP contribution is -2.37. The van der Waals surface area contributed by atoms with Gasteiger partial charge in [0, 0.05) is 18.3 Å². The van der Waals surface area contributed by atoms with E-state index in [4.69, 9.17) is 5.73 Å². The van der Waals surface area contributed by atoms with Crippen molar-refractivity contribution < 1.29 is 0 Å². The highest BCUT2D eigenvalue weighted by molar-refractivity contribution is 5.40. The molecule has 2 nitrogen and oxygen atoms in total. The topological polar surface area (TPSA) is 29.3 Å². The van der Waals surface area contributed by atoms with Crippen LogP contribution < -0.4 is 5.73 Å². The van der Waals surface area contributed by atoms with Crippen LogP contribution in [0.15, 0.2) is 24.3 Å². The molecule has 0 radical (unpaired) electrons. The van der Waals surface area contributed by atoms with Crippen molar-refractivity contribution >= 4 is 5.69 Å². The van der Waals surface area contributed by atoms with Gasteiger partial charge in [0.2, 0.25) is 0 Å². The minimum absolute atomic E-state index is 0.734. The largest absolute Gasteiger partial charge is 0.399 e. The van der Waals surface area contributed by atoms with Crippen LogP contribution in [0, 0.1) is 11.8 Å². The first-order valence-corrected chi connectivity index (χ1v) is 7.11. The molecule has 0 saturated heterocycles. The van der Waals surface area contributed by atoms with Gasteiger partial charge < -0.3 is 5.73 Å². The van der Waals surface area contributed by atoms with Crippen LogP contribution in [-0.4, -0.2) is 18.0 Å². The van der Waals surface area contributed by atoms with Gasteiger partial charge in [-0.05, 0) is 55.8 Å². The third kappa shape index (κ3) is 3.26. The predicted molar refractivity (Wildman–Crippen MR) is 78.3 cm³/mol. The summed E-state index contributed by atoms with van der Waals surface area (Å²) >= 11 is 0. The van der Waals surface area contributed by atoms with Gasteiger partial charge in [0.05, 0.1) is 0 Å². The van der Waals surface area contributed by atoms with E-state index in [9.17, 15) is 0 Å². The first kappa shape index (κ1) is 13.4. The fraction of sp³-hybridized carbons (Fsp3) is 0.625. The summed E-state index contributed by atoms with van der Waals surface area (Å²) in [6.45, 7) is 5.79. The normalized spacial score (nSPS) is 28.6. The number of nitrogens with zero attached hydrogens (tertiary/aromatic N) is 1. The van der Waals surface area contributed by atoms with Crippen LogP contribution in [0.5, 0.6) is 0 Å². The number of rotatable bonds is 3. The second-order valence-corrected chi connectivity index (χ2v) is 6.08. The molecule has 3 unspecified atom stereocenters. The Bertz CT molecular complexity index is 388. The van der Waals surface area contributed by atoms with Gasteiger partial charge in [0.25, 0.3) is 0 Å². The predicted octanol–water partition coefficient (Wildman–Crippen LogP) is 3.53. The molecule has 1 aromatic rings. The molecule has 0 amide bonds. The third-order valence-electron chi connectivity index (χ3n) is 4.58. The van der Waals surface area contributed by atoms with Crippen LogP contribution in [-0.2, 0) is 6.54 Å². The van der Waals surface area contributed by atoms with Crippen LogP contribution in [0.4, 0.5) is 5.69 Å². The number of anilines is 1. The Morgan fingerprint density at radius 2 is 2.00 bits per heavy atom. The Morgan fingerprint density at radius 1 is 1.22 bits per heavy atom. The molecular formula is C16H26N2. The van der Waals surface area contributed by atoms with E-state index in [0.29, 0.717) is 0 Å². The number of hydrogen-bond donors (Lipinski definition) is 1. The molecule has 1 fully saturated rings. The summed E-state index contributed by atoms with van der Waals surface area (Å²) in [5.41, 5.74) is 8.02. The van der Waals surface area contributed by atoms with Crippen LogP contribution in [0.1, 0.15) is 38.7 Å². The Kier molecular flexibility index (Phi) is 4.28. The number of nitrogen functional groups attached to an aromatic ring is 1. The summed E-state index contributed by atoms with van der Waals surface area (Å²) < 4.78 is 0. The third-order valence-corrected chi connectivity index (χ3v) is 4.58. The minimum Gasteiger partial charge on any atom is -0.399 e. The van der Waals surface area contributed by atoms with Gasteiger partial charge >= 0.3 is 0 Å². The molecule has 0 heterocycles. The number of benzene rings is 1. The number of nitrogens with two attached hydrogens (primary N) is 1. The molecule has 1 aromatic carbocycles. The summed E-state index contributed by atoms with van der Waals surface area (Å²) in [6, 6.07) is 8.99. The highest BCUT2D eigenvalue weighted by Crippen LogP contribution is 2.32. The standard InChI is InChI=1S/C16H26N2/c1-12-7-8-16(9-13(12)2)18(3)11-14-5-4-6-15(17)10-14/h4-6,10,12-13,16H,7-9,11,17H2,1-3H3. The summed E-state index contributed by atoms with van der Waals surface area (Å²) in [5.74, 6) is 1.74. The van der Waals surface area contributed by atoms with Crippen molar-refractivity contribution in [2.45, 2.75) is 45.7 Å². The molecule has 1 saturated carbocycles. The van der Waals surface area contributed by atoms with Gasteiger partial charge in [0.15, 0.2) is 0 Å². The molecule has 1 aliphatic carbocycles. The molecule has 0 aromatic heterocycles. The van der Waals surface area contributed by atoms with Gasteiger partial charge in [-0.25, -0.2) is 0 Å². The molecule has 1 aliphatic rings. The van der Waals surface area contributed by atoms with E-state index in [1.165, 1.54) is 24.8 Å². The zero-order valence-corrected chi connectivity index (χ0v) is 11.9. The maximum atomic E-state index is 5.83. The SMILES string of the molecule is CC1CCC(N(C)Cc2cccc(N)c2)CC1C. The van der Waals surface area contributed by atoms with E-state index in [1.807, 2.05) is 12.1 Å². The van der Waals surface area contributed by atoms with Crippen molar-refractivity contribution in [3.05, 3.63) is 29.8 Å². The van der Waals surface area contributed by atoms with Crippen molar-refractivity contribution in [1.82, 2.24) is 4.90 Å². The summed E-state index contributed by atoms with van der Waals surface area (Å²) in [7, 11) is 2.25. The Labute approximate surface area is 111 Å². The summed E-state index contributed by atoms with van der Waals surface area (Å²) in [6.07, 6.45) is 4.04. The van der Waals surface area contributed by atoms with Crippen molar-refractivity contribution in [1.29, 1.82) is 0 Å². The van der Waals surface area contributed by atoms with Gasteiger partial charge in [0.1, 0.15) is 0 Å². The van der Waals surface area contributed by atoms with Crippen molar-refractivity contribution in [2.75, 3.05) is 12.8 Å². The Hall–Kier alpha value is -1.02. The maximum absolute atomic E-state index is 5.83. The van der Waals surface area contributed by atoms with E-state index in [-0.39, 0.29) is 0 Å². The lowest BCUT2D eigenvalue weighted by Gasteiger charge is -2.37. The van der Waals surface area contributed by atoms with Gasteiger partial charge in [-0.2, -0.15) is 0 Å². The van der Waals surface area contributed by atoms with Crippen LogP contribution >= 0.6 is 0 Å². The summed E-state index contributed by atoms with van der Waals surface area (Å²) in [4.78, 5) is 2.50. The lowest BCUT2D eigenvalue weighted by molar-refractivity contribution is 0.126. The fourth-order valence-corrected chi connectivity index (χ4v) is 3.03. The fourth-order valence-electron chi connectivity index (χ4n) is 3.03. The average molecular weight is 246 g/mol. The molecule has 2 N–H and O–H groups in total. The van der Waals surface area contributed by atoms with Crippen LogP contribution in [0.3, 0.4) is 0 Å². The highest BCUT2D eigenvalue weighted by Gasteiger charge is 2.26. The monoisotopic (exact) mass is 246 g/mol. The molecular weight excluding hydrogens is 220 g/mol. The molecule has 0 spiro atoms. The first-order chi connectivity index (χ1) is 8.56. The second kappa shape index (κ2) is 5.75. The van der Waals surface area contributed by atoms with Gasteiger partial charge in [-0.3, -0.25) is 4.90 Å². The molecule has 2 heteroatoms. The zero-order valence-electron chi connectivity index (χ0n) is 11.9. The molecule has 2 rings (SSSR count). The van der Waals surface area contributed by atoms with E-state index in [0.717, 1.165) is 30.1 Å². The van der Waals surface area contributed by atoms with Crippen molar-refractivity contribution in [2.24, 2.45) is 11.8 Å². The molecule has 18 heavy (non-hydrogen) atoms. The smallest absolute Gasteiger partial charge is 0.0317 e. The second-order valence-electron chi connectivity index (χ2n) is 6.08. The van der Waals surface area contributed by atoms with E-state index in [2.05, 4.69) is 37.9 Å². The molecule has 0 bridgehead atoms. The quantitative estimate of drug-likeness (QED) is 0.827. The molecule has 0 aliphatic heterocycles. The van der Waals surface area contributed by atoms with Crippen LogP contribution in [0.2, 0.25) is 0 Å². The Balaban J connectivity index is 1.94. The Morgan fingerprint density at radius 3 is 2.67 bits per heavy atom. The van der Waals surface area contributed by atoms with E-state index >= 15 is 0 Å². The maximum Gasteiger partial charge on any atom is 0.0317 e. The minimum atomic E-state index is 0.734. The van der Waals surface area contributed by atoms with Gasteiger partial charge in [-0.15, -0.1) is 0 Å². The zero-order chi connectivity index (χ0) is 13.1. The lowest BCUT2D eigenvalue weighted by atomic mass is 9.78.